The molecular weight excluding hydrogens is 509 g/mol. The van der Waals surface area contributed by atoms with Crippen LogP contribution in [0, 0.1) is 0 Å². The fourth-order valence-corrected chi connectivity index (χ4v) is 2.84. The summed E-state index contributed by atoms with van der Waals surface area (Å²) in [6.45, 7) is 9.60. The lowest BCUT2D eigenvalue weighted by molar-refractivity contribution is 0.0523. The van der Waals surface area contributed by atoms with Gasteiger partial charge in [-0.2, -0.15) is 0 Å². The number of pyridine rings is 1. The van der Waals surface area contributed by atoms with Gasteiger partial charge in [0.15, 0.2) is 5.96 Å². The summed E-state index contributed by atoms with van der Waals surface area (Å²) in [6.07, 6.45) is 6.26. The molecule has 0 bridgehead atoms. The molecule has 0 aliphatic heterocycles. The van der Waals surface area contributed by atoms with Crippen molar-refractivity contribution in [2.75, 3.05) is 20.1 Å². The van der Waals surface area contributed by atoms with Crippen LogP contribution in [0.1, 0.15) is 59.8 Å². The summed E-state index contributed by atoms with van der Waals surface area (Å²) < 4.78 is 7.03. The van der Waals surface area contributed by atoms with E-state index in [0.717, 1.165) is 38.6 Å². The van der Waals surface area contributed by atoms with E-state index in [1.165, 1.54) is 0 Å². The van der Waals surface area contributed by atoms with Crippen LogP contribution in [0.5, 0.6) is 0 Å². The topological polar surface area (TPSA) is 96.8 Å². The zero-order chi connectivity index (χ0) is 22.4. The lowest BCUT2D eigenvalue weighted by Crippen LogP contribution is -2.49. The standard InChI is InChI=1S/C22H39N5O3.HI/c1-6-7-12-18(17-25-21(29)30-22(2,3)4)26-20(23-5)24-14-9-11-16-27-15-10-8-13-19(27)28;/h8,10,13,15,18H,6-7,9,11-12,14,16-17H2,1-5H3,(H,25,29)(H2,23,24,26);1H. The van der Waals surface area contributed by atoms with Gasteiger partial charge in [-0.1, -0.05) is 25.8 Å². The predicted octanol–water partition coefficient (Wildman–Crippen LogP) is 3.50. The SMILES string of the molecule is CCCCC(CNC(=O)OC(C)(C)C)NC(=NC)NCCCCn1ccccc1=O.I. The van der Waals surface area contributed by atoms with Crippen molar-refractivity contribution in [1.29, 1.82) is 0 Å². The number of aliphatic imine (C=N–C) groups is 1. The maximum absolute atomic E-state index is 11.9. The molecule has 0 saturated heterocycles. The van der Waals surface area contributed by atoms with Gasteiger partial charge in [-0.3, -0.25) is 9.79 Å². The van der Waals surface area contributed by atoms with Gasteiger partial charge in [-0.15, -0.1) is 24.0 Å². The third-order valence-corrected chi connectivity index (χ3v) is 4.38. The van der Waals surface area contributed by atoms with E-state index >= 15 is 0 Å². The number of aryl methyl sites for hydroxylation is 1. The van der Waals surface area contributed by atoms with Crippen molar-refractivity contribution in [2.45, 2.75) is 78.0 Å². The number of halogens is 1. The fourth-order valence-electron chi connectivity index (χ4n) is 2.84. The third kappa shape index (κ3) is 14.0. The first-order valence-corrected chi connectivity index (χ1v) is 10.8. The second kappa shape index (κ2) is 15.9. The highest BCUT2D eigenvalue weighted by Gasteiger charge is 2.18. The van der Waals surface area contributed by atoms with Crippen molar-refractivity contribution in [1.82, 2.24) is 20.5 Å². The van der Waals surface area contributed by atoms with Crippen LogP contribution >= 0.6 is 24.0 Å². The quantitative estimate of drug-likeness (QED) is 0.170. The smallest absolute Gasteiger partial charge is 0.407 e. The second-order valence-electron chi connectivity index (χ2n) is 8.30. The molecule has 31 heavy (non-hydrogen) atoms. The molecule has 9 heteroatoms. The first-order valence-electron chi connectivity index (χ1n) is 10.8. The van der Waals surface area contributed by atoms with Crippen molar-refractivity contribution in [3.05, 3.63) is 34.7 Å². The number of hydrogen-bond donors (Lipinski definition) is 3. The molecule has 3 N–H and O–H groups in total. The van der Waals surface area contributed by atoms with Crippen LogP contribution in [-0.2, 0) is 11.3 Å². The molecule has 0 fully saturated rings. The van der Waals surface area contributed by atoms with E-state index in [0.29, 0.717) is 19.0 Å². The lowest BCUT2D eigenvalue weighted by atomic mass is 10.1. The van der Waals surface area contributed by atoms with Crippen molar-refractivity contribution in [3.63, 3.8) is 0 Å². The highest BCUT2D eigenvalue weighted by atomic mass is 127. The molecule has 0 aromatic carbocycles. The fraction of sp³-hybridized carbons (Fsp3) is 0.682. The highest BCUT2D eigenvalue weighted by molar-refractivity contribution is 14.0. The normalized spacial score (nSPS) is 12.5. The van der Waals surface area contributed by atoms with Gasteiger partial charge < -0.3 is 25.3 Å². The molecule has 1 amide bonds. The summed E-state index contributed by atoms with van der Waals surface area (Å²) in [4.78, 5) is 27.9. The average molecular weight is 549 g/mol. The predicted molar refractivity (Wildman–Crippen MR) is 137 cm³/mol. The molecule has 0 radical (unpaired) electrons. The molecule has 0 spiro atoms. The monoisotopic (exact) mass is 549 g/mol. The molecule has 1 aromatic heterocycles. The molecular formula is C22H40IN5O3. The van der Waals surface area contributed by atoms with Crippen LogP contribution in [-0.4, -0.2) is 48.4 Å². The van der Waals surface area contributed by atoms with Gasteiger partial charge in [-0.25, -0.2) is 4.79 Å². The van der Waals surface area contributed by atoms with Gasteiger partial charge in [0, 0.05) is 45.0 Å². The van der Waals surface area contributed by atoms with Crippen LogP contribution in [0.25, 0.3) is 0 Å². The molecule has 0 saturated carbocycles. The lowest BCUT2D eigenvalue weighted by Gasteiger charge is -2.24. The van der Waals surface area contributed by atoms with Crippen LogP contribution in [0.3, 0.4) is 0 Å². The maximum Gasteiger partial charge on any atom is 0.407 e. The number of rotatable bonds is 11. The number of aromatic nitrogens is 1. The van der Waals surface area contributed by atoms with Crippen LogP contribution < -0.4 is 21.5 Å². The zero-order valence-corrected chi connectivity index (χ0v) is 21.9. The van der Waals surface area contributed by atoms with E-state index in [2.05, 4.69) is 27.9 Å². The Bertz CT molecular complexity index is 716. The number of amides is 1. The summed E-state index contributed by atoms with van der Waals surface area (Å²) in [6, 6.07) is 5.26. The van der Waals surface area contributed by atoms with Gasteiger partial charge in [-0.05, 0) is 46.1 Å². The first-order chi connectivity index (χ1) is 14.2. The van der Waals surface area contributed by atoms with Gasteiger partial charge in [0.25, 0.3) is 0 Å². The minimum atomic E-state index is -0.515. The largest absolute Gasteiger partial charge is 0.444 e. The number of nitrogens with zero attached hydrogens (tertiary/aromatic N) is 2. The Hall–Kier alpha value is -1.78. The van der Waals surface area contributed by atoms with Crippen molar-refractivity contribution in [2.24, 2.45) is 4.99 Å². The van der Waals surface area contributed by atoms with Crippen LogP contribution in [0.4, 0.5) is 4.79 Å². The summed E-state index contributed by atoms with van der Waals surface area (Å²) in [5, 5.41) is 9.54. The maximum atomic E-state index is 11.9. The molecule has 1 atom stereocenters. The van der Waals surface area contributed by atoms with Crippen molar-refractivity contribution < 1.29 is 9.53 Å². The van der Waals surface area contributed by atoms with Crippen LogP contribution in [0.15, 0.2) is 34.2 Å². The minimum Gasteiger partial charge on any atom is -0.444 e. The average Bonchev–Trinajstić information content (AvgIpc) is 2.68. The van der Waals surface area contributed by atoms with E-state index in [1.54, 1.807) is 23.7 Å². The number of carbonyl (C=O) groups is 1. The Labute approximate surface area is 203 Å². The third-order valence-electron chi connectivity index (χ3n) is 4.38. The summed E-state index contributed by atoms with van der Waals surface area (Å²) in [5.74, 6) is 0.707. The molecule has 8 nitrogen and oxygen atoms in total. The number of nitrogens with one attached hydrogen (secondary N) is 3. The van der Waals surface area contributed by atoms with E-state index in [9.17, 15) is 9.59 Å². The number of unbranched alkanes of at least 4 members (excludes halogenated alkanes) is 2. The second-order valence-corrected chi connectivity index (χ2v) is 8.30. The number of carbonyl (C=O) groups excluding carboxylic acids is 1. The van der Waals surface area contributed by atoms with Gasteiger partial charge >= 0.3 is 6.09 Å². The number of ether oxygens (including phenoxy) is 1. The molecule has 1 heterocycles. The van der Waals surface area contributed by atoms with Crippen molar-refractivity contribution in [3.8, 4) is 0 Å². The summed E-state index contributed by atoms with van der Waals surface area (Å²) in [7, 11) is 1.73. The summed E-state index contributed by atoms with van der Waals surface area (Å²) >= 11 is 0. The summed E-state index contributed by atoms with van der Waals surface area (Å²) in [5.41, 5.74) is -0.488. The molecule has 1 unspecified atom stereocenters. The molecule has 1 aromatic rings. The van der Waals surface area contributed by atoms with Crippen LogP contribution in [0.2, 0.25) is 0 Å². The van der Waals surface area contributed by atoms with E-state index in [-0.39, 0.29) is 35.6 Å². The zero-order valence-electron chi connectivity index (χ0n) is 19.6. The Morgan fingerprint density at radius 3 is 2.55 bits per heavy atom. The molecule has 0 aliphatic carbocycles. The first kappa shape index (κ1) is 29.2. The van der Waals surface area contributed by atoms with Gasteiger partial charge in [0.2, 0.25) is 5.56 Å². The molecule has 1 rings (SSSR count). The Morgan fingerprint density at radius 2 is 1.94 bits per heavy atom. The van der Waals surface area contributed by atoms with E-state index < -0.39 is 11.7 Å². The number of alkyl carbamates (subject to hydrolysis) is 1. The molecule has 178 valence electrons. The van der Waals surface area contributed by atoms with E-state index in [4.69, 9.17) is 4.74 Å². The molecule has 0 aliphatic rings. The van der Waals surface area contributed by atoms with Gasteiger partial charge in [0.05, 0.1) is 0 Å². The number of hydrogen-bond acceptors (Lipinski definition) is 4. The highest BCUT2D eigenvalue weighted by Crippen LogP contribution is 2.07. The van der Waals surface area contributed by atoms with Crippen molar-refractivity contribution >= 4 is 36.0 Å². The minimum absolute atomic E-state index is 0. The number of guanidine groups is 1. The van der Waals surface area contributed by atoms with E-state index in [1.807, 2.05) is 33.0 Å². The Morgan fingerprint density at radius 1 is 1.19 bits per heavy atom. The van der Waals surface area contributed by atoms with Gasteiger partial charge in [0.1, 0.15) is 5.60 Å². The Balaban J connectivity index is 0.00000900. The Kier molecular flexibility index (Phi) is 15.0.